The van der Waals surface area contributed by atoms with Crippen molar-refractivity contribution >= 4 is 17.3 Å². The maximum atomic E-state index is 10.9. The summed E-state index contributed by atoms with van der Waals surface area (Å²) in [5.74, 6) is -0.465. The Morgan fingerprint density at radius 2 is 2.05 bits per heavy atom. The van der Waals surface area contributed by atoms with Crippen LogP contribution in [0, 0.1) is 5.41 Å². The predicted molar refractivity (Wildman–Crippen MR) is 76.7 cm³/mol. The second kappa shape index (κ2) is 7.66. The minimum absolute atomic E-state index is 0.0114. The molecule has 0 radical (unpaired) electrons. The molecular weight excluding hydrogens is 240 g/mol. The van der Waals surface area contributed by atoms with E-state index in [0.717, 1.165) is 30.8 Å². The molecule has 0 saturated heterocycles. The van der Waals surface area contributed by atoms with E-state index in [1.54, 1.807) is 0 Å². The van der Waals surface area contributed by atoms with Crippen LogP contribution in [0.1, 0.15) is 18.4 Å². The van der Waals surface area contributed by atoms with Gasteiger partial charge in [0, 0.05) is 13.0 Å². The van der Waals surface area contributed by atoms with E-state index in [0.29, 0.717) is 0 Å². The predicted octanol–water partition coefficient (Wildman–Crippen LogP) is 0.0765. The first-order valence-electron chi connectivity index (χ1n) is 6.43. The molecule has 0 atom stereocenters. The summed E-state index contributed by atoms with van der Waals surface area (Å²) < 4.78 is 0. The summed E-state index contributed by atoms with van der Waals surface area (Å²) in [6.07, 6.45) is 1.06. The summed E-state index contributed by atoms with van der Waals surface area (Å²) in [5.41, 5.74) is 7.23. The molecule has 1 aromatic rings. The van der Waals surface area contributed by atoms with Gasteiger partial charge in [-0.25, -0.2) is 0 Å². The smallest absolute Gasteiger partial charge is 0.223 e. The van der Waals surface area contributed by atoms with Gasteiger partial charge in [-0.3, -0.25) is 4.79 Å². The number of rotatable bonds is 8. The van der Waals surface area contributed by atoms with Crippen LogP contribution in [0.2, 0.25) is 0 Å². The second-order valence-electron chi connectivity index (χ2n) is 4.86. The van der Waals surface area contributed by atoms with Gasteiger partial charge in [-0.05, 0) is 26.2 Å². The Morgan fingerprint density at radius 1 is 1.37 bits per heavy atom. The molecule has 0 saturated carbocycles. The molecule has 1 aromatic carbocycles. The highest BCUT2D eigenvalue weighted by atomic mass is 16.1. The number of nitrogens with two attached hydrogens (primary N) is 2. The van der Waals surface area contributed by atoms with Crippen molar-refractivity contribution in [3.63, 3.8) is 0 Å². The fraction of sp³-hybridized carbons (Fsp3) is 0.429. The van der Waals surface area contributed by atoms with Gasteiger partial charge in [0.15, 0.2) is 0 Å². The molecule has 104 valence electrons. The number of carbonyl (C=O) groups excluding carboxylic acids is 1. The van der Waals surface area contributed by atoms with Gasteiger partial charge in [0.05, 0.1) is 24.2 Å². The van der Waals surface area contributed by atoms with Gasteiger partial charge in [0.1, 0.15) is 5.69 Å². The van der Waals surface area contributed by atoms with Crippen molar-refractivity contribution in [2.24, 2.45) is 5.73 Å². The van der Waals surface area contributed by atoms with Gasteiger partial charge in [-0.15, -0.1) is 0 Å². The van der Waals surface area contributed by atoms with Crippen molar-refractivity contribution in [3.05, 3.63) is 29.8 Å². The number of nitrogens with one attached hydrogen (secondary N) is 1. The van der Waals surface area contributed by atoms with Crippen LogP contribution in [0.4, 0.5) is 5.69 Å². The Morgan fingerprint density at radius 3 is 2.68 bits per heavy atom. The Balaban J connectivity index is 2.62. The van der Waals surface area contributed by atoms with Crippen molar-refractivity contribution < 1.29 is 10.1 Å². The van der Waals surface area contributed by atoms with E-state index in [1.807, 2.05) is 24.3 Å². The third kappa shape index (κ3) is 5.63. The zero-order valence-corrected chi connectivity index (χ0v) is 11.6. The van der Waals surface area contributed by atoms with E-state index in [1.165, 1.54) is 0 Å². The molecule has 5 nitrogen and oxygen atoms in total. The Kier molecular flexibility index (Phi) is 6.18. The molecular formula is C14H23N4O+. The lowest BCUT2D eigenvalue weighted by atomic mass is 10.0. The number of para-hydroxylation sites is 1. The number of benzene rings is 1. The van der Waals surface area contributed by atoms with E-state index >= 15 is 0 Å². The molecule has 0 spiro atoms. The van der Waals surface area contributed by atoms with Gasteiger partial charge in [-0.2, -0.15) is 0 Å². The third-order valence-electron chi connectivity index (χ3n) is 2.81. The van der Waals surface area contributed by atoms with Crippen LogP contribution in [0.5, 0.6) is 0 Å². The highest BCUT2D eigenvalue weighted by molar-refractivity contribution is 6.10. The quantitative estimate of drug-likeness (QED) is 0.352. The van der Waals surface area contributed by atoms with E-state index in [-0.39, 0.29) is 12.1 Å². The van der Waals surface area contributed by atoms with Gasteiger partial charge in [0.2, 0.25) is 5.91 Å². The van der Waals surface area contributed by atoms with Crippen LogP contribution in [-0.4, -0.2) is 43.7 Å². The van der Waals surface area contributed by atoms with E-state index < -0.39 is 5.91 Å². The maximum Gasteiger partial charge on any atom is 0.223 e. The van der Waals surface area contributed by atoms with Crippen LogP contribution >= 0.6 is 0 Å². The highest BCUT2D eigenvalue weighted by Gasteiger charge is 2.12. The summed E-state index contributed by atoms with van der Waals surface area (Å²) in [5, 5.41) is 10.0. The SMILES string of the molecule is CN(C)CCC[NH2+]c1ccccc1C(=N)CC(N)=O. The van der Waals surface area contributed by atoms with Crippen molar-refractivity contribution in [2.75, 3.05) is 27.2 Å². The van der Waals surface area contributed by atoms with Crippen LogP contribution in [-0.2, 0) is 4.79 Å². The molecule has 0 aromatic heterocycles. The number of carbonyl (C=O) groups is 1. The molecule has 0 aliphatic heterocycles. The first-order chi connectivity index (χ1) is 9.00. The highest BCUT2D eigenvalue weighted by Crippen LogP contribution is 2.11. The molecule has 0 bridgehead atoms. The summed E-state index contributed by atoms with van der Waals surface area (Å²) in [6, 6.07) is 7.66. The van der Waals surface area contributed by atoms with E-state index in [9.17, 15) is 4.79 Å². The molecule has 1 rings (SSSR count). The number of hydrogen-bond donors (Lipinski definition) is 3. The first-order valence-corrected chi connectivity index (χ1v) is 6.43. The fourth-order valence-corrected chi connectivity index (χ4v) is 1.88. The first kappa shape index (κ1) is 15.3. The molecule has 0 heterocycles. The van der Waals surface area contributed by atoms with Crippen LogP contribution in [0.15, 0.2) is 24.3 Å². The Bertz CT molecular complexity index is 443. The third-order valence-corrected chi connectivity index (χ3v) is 2.81. The maximum absolute atomic E-state index is 10.9. The molecule has 1 amide bonds. The average Bonchev–Trinajstić information content (AvgIpc) is 2.34. The van der Waals surface area contributed by atoms with Crippen molar-refractivity contribution in [1.82, 2.24) is 4.90 Å². The summed E-state index contributed by atoms with van der Waals surface area (Å²) in [6.45, 7) is 2.00. The monoisotopic (exact) mass is 263 g/mol. The number of hydrogen-bond acceptors (Lipinski definition) is 3. The molecule has 0 unspecified atom stereocenters. The molecule has 5 N–H and O–H groups in total. The molecule has 0 aliphatic carbocycles. The molecule has 19 heavy (non-hydrogen) atoms. The topological polar surface area (TPSA) is 86.8 Å². The van der Waals surface area contributed by atoms with Gasteiger partial charge >= 0.3 is 0 Å². The minimum atomic E-state index is -0.465. The number of amides is 1. The zero-order chi connectivity index (χ0) is 14.3. The molecule has 0 fully saturated rings. The summed E-state index contributed by atoms with van der Waals surface area (Å²) in [7, 11) is 4.10. The summed E-state index contributed by atoms with van der Waals surface area (Å²) in [4.78, 5) is 13.0. The Hall–Kier alpha value is -1.72. The lowest BCUT2D eigenvalue weighted by molar-refractivity contribution is -0.572. The van der Waals surface area contributed by atoms with Crippen molar-refractivity contribution in [1.29, 1.82) is 5.41 Å². The number of nitrogens with zero attached hydrogens (tertiary/aromatic N) is 1. The zero-order valence-electron chi connectivity index (χ0n) is 11.6. The summed E-state index contributed by atoms with van der Waals surface area (Å²) >= 11 is 0. The van der Waals surface area contributed by atoms with Crippen LogP contribution in [0.25, 0.3) is 0 Å². The van der Waals surface area contributed by atoms with E-state index in [4.69, 9.17) is 11.1 Å². The largest absolute Gasteiger partial charge is 0.369 e. The number of quaternary nitrogens is 1. The normalized spacial score (nSPS) is 10.7. The standard InChI is InChI=1S/C14H22N4O/c1-18(2)9-5-8-17-13-7-4-3-6-11(13)12(15)10-14(16)19/h3-4,6-7,15,17H,5,8-10H2,1-2H3,(H2,16,19)/p+1. The Labute approximate surface area is 114 Å². The van der Waals surface area contributed by atoms with Crippen LogP contribution < -0.4 is 11.1 Å². The lowest BCUT2D eigenvalue weighted by Gasteiger charge is -2.10. The second-order valence-corrected chi connectivity index (χ2v) is 4.86. The van der Waals surface area contributed by atoms with Gasteiger partial charge in [0.25, 0.3) is 0 Å². The lowest BCUT2D eigenvalue weighted by Crippen LogP contribution is -2.78. The molecule has 0 aliphatic rings. The van der Waals surface area contributed by atoms with Gasteiger partial charge in [-0.1, -0.05) is 12.1 Å². The molecule has 5 heteroatoms. The minimum Gasteiger partial charge on any atom is -0.369 e. The average molecular weight is 263 g/mol. The van der Waals surface area contributed by atoms with Crippen LogP contribution in [0.3, 0.4) is 0 Å². The van der Waals surface area contributed by atoms with E-state index in [2.05, 4.69) is 24.3 Å². The van der Waals surface area contributed by atoms with Crippen molar-refractivity contribution in [3.8, 4) is 0 Å². The number of primary amides is 1. The van der Waals surface area contributed by atoms with Gasteiger partial charge < -0.3 is 21.4 Å². The fourth-order valence-electron chi connectivity index (χ4n) is 1.88. The van der Waals surface area contributed by atoms with Crippen molar-refractivity contribution in [2.45, 2.75) is 12.8 Å².